The van der Waals surface area contributed by atoms with Crippen molar-refractivity contribution in [2.24, 2.45) is 5.73 Å². The van der Waals surface area contributed by atoms with Gasteiger partial charge in [0.15, 0.2) is 4.67 Å². The molecule has 1 saturated heterocycles. The molecule has 2 unspecified atom stereocenters. The summed E-state index contributed by atoms with van der Waals surface area (Å²) in [5.74, 6) is 0.949. The lowest BCUT2D eigenvalue weighted by Crippen LogP contribution is -2.39. The number of rotatable bonds is 3. The fraction of sp³-hybridized carbons (Fsp3) is 0.692. The summed E-state index contributed by atoms with van der Waals surface area (Å²) in [7, 11) is 0. The van der Waals surface area contributed by atoms with Gasteiger partial charge < -0.3 is 10.2 Å². The topological polar surface area (TPSA) is 42.4 Å². The van der Waals surface area contributed by atoms with Crippen LogP contribution in [0.3, 0.4) is 0 Å². The molecule has 2 rings (SSSR count). The Labute approximate surface area is 125 Å². The van der Waals surface area contributed by atoms with Gasteiger partial charge in [0.25, 0.3) is 0 Å². The minimum Gasteiger partial charge on any atom is -0.451 e. The van der Waals surface area contributed by atoms with E-state index >= 15 is 0 Å². The van der Waals surface area contributed by atoms with Gasteiger partial charge in [0.05, 0.1) is 10.5 Å². The van der Waals surface area contributed by atoms with Crippen LogP contribution in [0.1, 0.15) is 44.4 Å². The quantitative estimate of drug-likeness (QED) is 0.860. The third-order valence-electron chi connectivity index (χ3n) is 3.72. The predicted molar refractivity (Wildman–Crippen MR) is 80.5 cm³/mol. The summed E-state index contributed by atoms with van der Waals surface area (Å²) >= 11 is 6.86. The molecule has 1 fully saturated rings. The van der Waals surface area contributed by atoms with Gasteiger partial charge in [-0.3, -0.25) is 4.90 Å². The van der Waals surface area contributed by atoms with Gasteiger partial charge in [-0.05, 0) is 64.2 Å². The number of nitrogens with two attached hydrogens (primary N) is 1. The van der Waals surface area contributed by atoms with E-state index in [1.54, 1.807) is 0 Å². The van der Waals surface area contributed by atoms with Crippen LogP contribution in [0.2, 0.25) is 0 Å². The minimum atomic E-state index is 0.181. The summed E-state index contributed by atoms with van der Waals surface area (Å²) in [5, 5.41) is 0. The maximum atomic E-state index is 5.98. The molecule has 0 aliphatic carbocycles. The lowest BCUT2D eigenvalue weighted by atomic mass is 10.1. The van der Waals surface area contributed by atoms with Gasteiger partial charge in [0, 0.05) is 12.6 Å². The van der Waals surface area contributed by atoms with Crippen molar-refractivity contribution in [2.45, 2.75) is 44.7 Å². The average molecular weight is 380 g/mol. The monoisotopic (exact) mass is 378 g/mol. The van der Waals surface area contributed by atoms with Crippen LogP contribution in [0.25, 0.3) is 0 Å². The van der Waals surface area contributed by atoms with Crippen LogP contribution in [-0.4, -0.2) is 24.0 Å². The maximum Gasteiger partial charge on any atom is 0.183 e. The highest BCUT2D eigenvalue weighted by molar-refractivity contribution is 9.13. The predicted octanol–water partition coefficient (Wildman–Crippen LogP) is 4.07. The molecule has 2 N–H and O–H groups in total. The molecule has 0 radical (unpaired) electrons. The van der Waals surface area contributed by atoms with Crippen molar-refractivity contribution in [1.82, 2.24) is 4.90 Å². The fourth-order valence-electron chi connectivity index (χ4n) is 2.70. The number of furan rings is 1. The molecule has 0 saturated carbocycles. The number of likely N-dealkylation sites (tertiary alicyclic amines) is 1. The van der Waals surface area contributed by atoms with E-state index in [0.29, 0.717) is 12.6 Å². The largest absolute Gasteiger partial charge is 0.451 e. The van der Waals surface area contributed by atoms with Gasteiger partial charge in [0.2, 0.25) is 0 Å². The van der Waals surface area contributed by atoms with Crippen molar-refractivity contribution in [3.8, 4) is 0 Å². The normalized spacial score (nSPS) is 23.9. The molecule has 1 aromatic heterocycles. The van der Waals surface area contributed by atoms with Gasteiger partial charge in [-0.25, -0.2) is 0 Å². The Bertz CT molecular complexity index is 375. The summed E-state index contributed by atoms with van der Waals surface area (Å²) in [5.41, 5.74) is 5.98. The second-order valence-electron chi connectivity index (χ2n) is 4.96. The molecule has 2 heterocycles. The molecule has 1 aliphatic rings. The molecule has 5 heteroatoms. The third-order valence-corrected chi connectivity index (χ3v) is 5.43. The highest BCUT2D eigenvalue weighted by Gasteiger charge is 2.28. The molecule has 0 aromatic carbocycles. The lowest BCUT2D eigenvalue weighted by Gasteiger charge is -2.33. The SMILES string of the molecule is CC1CCCCCN1C(CN)c1cc(Br)c(Br)o1. The van der Waals surface area contributed by atoms with Crippen LogP contribution in [-0.2, 0) is 0 Å². The third kappa shape index (κ3) is 3.18. The van der Waals surface area contributed by atoms with Crippen molar-refractivity contribution in [3.05, 3.63) is 21.0 Å². The number of nitrogens with zero attached hydrogens (tertiary/aromatic N) is 1. The average Bonchev–Trinajstić information content (AvgIpc) is 2.54. The minimum absolute atomic E-state index is 0.181. The summed E-state index contributed by atoms with van der Waals surface area (Å²) in [6.45, 7) is 4.00. The van der Waals surface area contributed by atoms with Crippen LogP contribution >= 0.6 is 31.9 Å². The van der Waals surface area contributed by atoms with E-state index in [4.69, 9.17) is 10.2 Å². The Morgan fingerprint density at radius 1 is 1.44 bits per heavy atom. The highest BCUT2D eigenvalue weighted by Crippen LogP contribution is 2.34. The first-order valence-electron chi connectivity index (χ1n) is 6.54. The first-order valence-corrected chi connectivity index (χ1v) is 8.12. The molecule has 18 heavy (non-hydrogen) atoms. The smallest absolute Gasteiger partial charge is 0.183 e. The zero-order valence-electron chi connectivity index (χ0n) is 10.7. The van der Waals surface area contributed by atoms with Gasteiger partial charge in [-0.2, -0.15) is 0 Å². The molecular formula is C13H20Br2N2O. The molecule has 0 amide bonds. The molecular weight excluding hydrogens is 360 g/mol. The van der Waals surface area contributed by atoms with Crippen LogP contribution in [0.15, 0.2) is 19.6 Å². The van der Waals surface area contributed by atoms with Gasteiger partial charge in [-0.1, -0.05) is 12.8 Å². The maximum absolute atomic E-state index is 5.98. The Morgan fingerprint density at radius 2 is 2.22 bits per heavy atom. The van der Waals surface area contributed by atoms with Gasteiger partial charge in [0.1, 0.15) is 5.76 Å². The molecule has 102 valence electrons. The summed E-state index contributed by atoms with van der Waals surface area (Å²) < 4.78 is 7.46. The van der Waals surface area contributed by atoms with E-state index in [1.807, 2.05) is 6.07 Å². The molecule has 0 spiro atoms. The number of hydrogen-bond acceptors (Lipinski definition) is 3. The van der Waals surface area contributed by atoms with Crippen molar-refractivity contribution < 1.29 is 4.42 Å². The van der Waals surface area contributed by atoms with Crippen LogP contribution in [0.4, 0.5) is 0 Å². The van der Waals surface area contributed by atoms with Crippen molar-refractivity contribution in [3.63, 3.8) is 0 Å². The number of halogens is 2. The van der Waals surface area contributed by atoms with E-state index < -0.39 is 0 Å². The summed E-state index contributed by atoms with van der Waals surface area (Å²) in [6, 6.07) is 2.78. The van der Waals surface area contributed by atoms with Crippen molar-refractivity contribution in [2.75, 3.05) is 13.1 Å². The summed E-state index contributed by atoms with van der Waals surface area (Å²) in [4.78, 5) is 2.49. The number of hydrogen-bond donors (Lipinski definition) is 1. The summed E-state index contributed by atoms with van der Waals surface area (Å²) in [6.07, 6.45) is 5.15. The van der Waals surface area contributed by atoms with Crippen LogP contribution in [0.5, 0.6) is 0 Å². The van der Waals surface area contributed by atoms with E-state index in [2.05, 4.69) is 43.7 Å². The first-order chi connectivity index (χ1) is 8.63. The second kappa shape index (κ2) is 6.55. The Hall–Kier alpha value is 0.160. The Morgan fingerprint density at radius 3 is 2.83 bits per heavy atom. The molecule has 0 bridgehead atoms. The van der Waals surface area contributed by atoms with Crippen LogP contribution < -0.4 is 5.73 Å². The zero-order chi connectivity index (χ0) is 13.1. The Kier molecular flexibility index (Phi) is 5.30. The van der Waals surface area contributed by atoms with Crippen molar-refractivity contribution in [1.29, 1.82) is 0 Å². The second-order valence-corrected chi connectivity index (χ2v) is 6.53. The first kappa shape index (κ1) is 14.6. The molecule has 2 atom stereocenters. The highest BCUT2D eigenvalue weighted by atomic mass is 79.9. The van der Waals surface area contributed by atoms with E-state index in [1.165, 1.54) is 25.7 Å². The molecule has 1 aromatic rings. The van der Waals surface area contributed by atoms with E-state index in [0.717, 1.165) is 21.4 Å². The van der Waals surface area contributed by atoms with Gasteiger partial charge in [-0.15, -0.1) is 0 Å². The van der Waals surface area contributed by atoms with E-state index in [-0.39, 0.29) is 6.04 Å². The molecule has 3 nitrogen and oxygen atoms in total. The Balaban J connectivity index is 2.20. The molecule has 1 aliphatic heterocycles. The van der Waals surface area contributed by atoms with Gasteiger partial charge >= 0.3 is 0 Å². The van der Waals surface area contributed by atoms with E-state index in [9.17, 15) is 0 Å². The standard InChI is InChI=1S/C13H20Br2N2O/c1-9-5-3-2-4-6-17(9)11(8-16)12-7-10(14)13(15)18-12/h7,9,11H,2-6,8,16H2,1H3. The zero-order valence-corrected chi connectivity index (χ0v) is 13.8. The lowest BCUT2D eigenvalue weighted by molar-refractivity contribution is 0.133. The van der Waals surface area contributed by atoms with Crippen LogP contribution in [0, 0.1) is 0 Å². The fourth-order valence-corrected chi connectivity index (χ4v) is 3.31. The van der Waals surface area contributed by atoms with Crippen molar-refractivity contribution >= 4 is 31.9 Å².